The zero-order valence-electron chi connectivity index (χ0n) is 11.3. The van der Waals surface area contributed by atoms with Crippen LogP contribution in [-0.4, -0.2) is 29.8 Å². The molecule has 0 aliphatic rings. The molecule has 0 saturated heterocycles. The van der Waals surface area contributed by atoms with E-state index < -0.39 is 0 Å². The van der Waals surface area contributed by atoms with Crippen LogP contribution in [0, 0.1) is 0 Å². The number of methoxy groups -OCH3 is 1. The summed E-state index contributed by atoms with van der Waals surface area (Å²) in [7, 11) is 1.64. The molecule has 0 unspecified atom stereocenters. The molecule has 20 heavy (non-hydrogen) atoms. The minimum atomic E-state index is -0.184. The van der Waals surface area contributed by atoms with E-state index in [-0.39, 0.29) is 11.8 Å². The quantitative estimate of drug-likeness (QED) is 0.881. The van der Waals surface area contributed by atoms with E-state index in [4.69, 9.17) is 4.74 Å². The molecule has 0 spiro atoms. The lowest BCUT2D eigenvalue weighted by Gasteiger charge is -2.16. The Labute approximate surface area is 125 Å². The fourth-order valence-electron chi connectivity index (χ4n) is 1.95. The van der Waals surface area contributed by atoms with Crippen LogP contribution in [0.4, 0.5) is 0 Å². The van der Waals surface area contributed by atoms with Gasteiger partial charge >= 0.3 is 0 Å². The Hall–Kier alpha value is -1.82. The first kappa shape index (κ1) is 14.6. The van der Waals surface area contributed by atoms with Gasteiger partial charge in [-0.3, -0.25) is 9.89 Å². The molecule has 106 valence electrons. The molecule has 2 rings (SSSR count). The fourth-order valence-corrected chi connectivity index (χ4v) is 2.32. The van der Waals surface area contributed by atoms with Gasteiger partial charge in [-0.2, -0.15) is 5.10 Å². The molecule has 0 aliphatic carbocycles. The van der Waals surface area contributed by atoms with Crippen molar-refractivity contribution in [1.29, 1.82) is 0 Å². The van der Waals surface area contributed by atoms with Crippen LogP contribution in [-0.2, 0) is 0 Å². The lowest BCUT2D eigenvalue weighted by Crippen LogP contribution is -2.28. The highest BCUT2D eigenvalue weighted by Gasteiger charge is 2.15. The summed E-state index contributed by atoms with van der Waals surface area (Å²) < 4.78 is 5.98. The topological polar surface area (TPSA) is 67.0 Å². The Morgan fingerprint density at radius 1 is 1.50 bits per heavy atom. The van der Waals surface area contributed by atoms with Crippen molar-refractivity contribution in [2.45, 2.75) is 12.8 Å². The zero-order chi connectivity index (χ0) is 14.5. The van der Waals surface area contributed by atoms with Gasteiger partial charge in [-0.25, -0.2) is 0 Å². The molecule has 2 N–H and O–H groups in total. The van der Waals surface area contributed by atoms with E-state index >= 15 is 0 Å². The number of halogens is 1. The molecule has 0 fully saturated rings. The minimum Gasteiger partial charge on any atom is -0.496 e. The molecule has 1 aromatic carbocycles. The molecule has 0 bridgehead atoms. The second kappa shape index (κ2) is 6.56. The van der Waals surface area contributed by atoms with Crippen molar-refractivity contribution >= 4 is 21.8 Å². The Balaban J connectivity index is 2.00. The first-order valence-corrected chi connectivity index (χ1v) is 7.02. The van der Waals surface area contributed by atoms with Crippen LogP contribution in [0.25, 0.3) is 0 Å². The van der Waals surface area contributed by atoms with E-state index in [0.29, 0.717) is 16.7 Å². The molecular weight excluding hydrogens is 322 g/mol. The number of ether oxygens (including phenoxy) is 1. The van der Waals surface area contributed by atoms with Crippen molar-refractivity contribution in [2.24, 2.45) is 0 Å². The molecule has 1 amide bonds. The second-order valence-electron chi connectivity index (χ2n) is 4.45. The number of benzene rings is 1. The average molecular weight is 338 g/mol. The normalized spacial score (nSPS) is 11.9. The maximum Gasteiger partial charge on any atom is 0.270 e. The Bertz CT molecular complexity index is 598. The van der Waals surface area contributed by atoms with Crippen LogP contribution < -0.4 is 10.1 Å². The molecule has 6 heteroatoms. The van der Waals surface area contributed by atoms with Gasteiger partial charge in [-0.1, -0.05) is 25.1 Å². The molecule has 1 atom stereocenters. The van der Waals surface area contributed by atoms with Crippen LogP contribution in [0.5, 0.6) is 5.75 Å². The number of hydrogen-bond donors (Lipinski definition) is 2. The largest absolute Gasteiger partial charge is 0.496 e. The molecule has 0 aliphatic heterocycles. The van der Waals surface area contributed by atoms with Gasteiger partial charge in [-0.15, -0.1) is 0 Å². The third-order valence-corrected chi connectivity index (χ3v) is 3.66. The molecule has 2 aromatic rings. The van der Waals surface area contributed by atoms with E-state index in [2.05, 4.69) is 31.4 Å². The second-order valence-corrected chi connectivity index (χ2v) is 5.30. The van der Waals surface area contributed by atoms with Gasteiger partial charge in [0.15, 0.2) is 0 Å². The Kier molecular flexibility index (Phi) is 4.79. The molecule has 1 heterocycles. The third-order valence-electron chi connectivity index (χ3n) is 3.06. The van der Waals surface area contributed by atoms with Gasteiger partial charge in [-0.05, 0) is 27.6 Å². The molecular formula is C14H16BrN3O2. The van der Waals surface area contributed by atoms with Crippen molar-refractivity contribution in [1.82, 2.24) is 15.5 Å². The van der Waals surface area contributed by atoms with Gasteiger partial charge in [0.25, 0.3) is 5.91 Å². The Morgan fingerprint density at radius 3 is 2.90 bits per heavy atom. The number of rotatable bonds is 5. The summed E-state index contributed by atoms with van der Waals surface area (Å²) in [5.74, 6) is 0.796. The first-order chi connectivity index (χ1) is 9.63. The number of aromatic amines is 1. The maximum absolute atomic E-state index is 12.0. The van der Waals surface area contributed by atoms with Gasteiger partial charge in [0, 0.05) is 12.5 Å². The predicted molar refractivity (Wildman–Crippen MR) is 80.0 cm³/mol. The van der Waals surface area contributed by atoms with Crippen molar-refractivity contribution in [2.75, 3.05) is 13.7 Å². The van der Waals surface area contributed by atoms with Crippen molar-refractivity contribution < 1.29 is 9.53 Å². The SMILES string of the molecule is COc1ccccc1[C@H](C)CNC(=O)c1[nH]ncc1Br. The van der Waals surface area contributed by atoms with Gasteiger partial charge in [0.2, 0.25) is 0 Å². The average Bonchev–Trinajstić information content (AvgIpc) is 2.90. The third kappa shape index (κ3) is 3.19. The number of carbonyl (C=O) groups excluding carboxylic acids is 1. The molecule has 5 nitrogen and oxygen atoms in total. The summed E-state index contributed by atoms with van der Waals surface area (Å²) in [5, 5.41) is 9.34. The first-order valence-electron chi connectivity index (χ1n) is 6.23. The highest BCUT2D eigenvalue weighted by atomic mass is 79.9. The summed E-state index contributed by atoms with van der Waals surface area (Å²) in [6.07, 6.45) is 1.55. The number of para-hydroxylation sites is 1. The number of H-pyrrole nitrogens is 1. The molecule has 1 aromatic heterocycles. The zero-order valence-corrected chi connectivity index (χ0v) is 12.9. The molecule has 0 saturated carbocycles. The van der Waals surface area contributed by atoms with E-state index in [1.807, 2.05) is 31.2 Å². The fraction of sp³-hybridized carbons (Fsp3) is 0.286. The van der Waals surface area contributed by atoms with Crippen molar-refractivity contribution in [3.05, 3.63) is 46.2 Å². The number of aromatic nitrogens is 2. The van der Waals surface area contributed by atoms with Crippen LogP contribution in [0.15, 0.2) is 34.9 Å². The number of hydrogen-bond acceptors (Lipinski definition) is 3. The van der Waals surface area contributed by atoms with E-state index in [0.717, 1.165) is 11.3 Å². The smallest absolute Gasteiger partial charge is 0.270 e. The summed E-state index contributed by atoms with van der Waals surface area (Å²) in [6, 6.07) is 7.80. The van der Waals surface area contributed by atoms with E-state index in [1.165, 1.54) is 0 Å². The van der Waals surface area contributed by atoms with Crippen LogP contribution in [0.2, 0.25) is 0 Å². The van der Waals surface area contributed by atoms with Gasteiger partial charge in [0.05, 0.1) is 17.8 Å². The lowest BCUT2D eigenvalue weighted by molar-refractivity contribution is 0.0945. The minimum absolute atomic E-state index is 0.150. The maximum atomic E-state index is 12.0. The highest BCUT2D eigenvalue weighted by molar-refractivity contribution is 9.10. The predicted octanol–water partition coefficient (Wildman–Crippen LogP) is 2.71. The summed E-state index contributed by atoms with van der Waals surface area (Å²) in [4.78, 5) is 12.0. The van der Waals surface area contributed by atoms with Gasteiger partial charge < -0.3 is 10.1 Å². The summed E-state index contributed by atoms with van der Waals surface area (Å²) >= 11 is 3.27. The van der Waals surface area contributed by atoms with Crippen LogP contribution in [0.3, 0.4) is 0 Å². The Morgan fingerprint density at radius 2 is 2.25 bits per heavy atom. The summed E-state index contributed by atoms with van der Waals surface area (Å²) in [5.41, 5.74) is 1.50. The van der Waals surface area contributed by atoms with E-state index in [1.54, 1.807) is 13.3 Å². The number of carbonyl (C=O) groups is 1. The van der Waals surface area contributed by atoms with Crippen LogP contribution >= 0.6 is 15.9 Å². The highest BCUT2D eigenvalue weighted by Crippen LogP contribution is 2.25. The standard InChI is InChI=1S/C14H16BrN3O2/c1-9(10-5-3-4-6-12(10)20-2)7-16-14(19)13-11(15)8-17-18-13/h3-6,8-9H,7H2,1-2H3,(H,16,19)(H,17,18)/t9-/m1/s1. The monoisotopic (exact) mass is 337 g/mol. The molecule has 0 radical (unpaired) electrons. The number of amides is 1. The van der Waals surface area contributed by atoms with Crippen LogP contribution in [0.1, 0.15) is 28.9 Å². The van der Waals surface area contributed by atoms with Crippen molar-refractivity contribution in [3.8, 4) is 5.75 Å². The van der Waals surface area contributed by atoms with Gasteiger partial charge in [0.1, 0.15) is 11.4 Å². The van der Waals surface area contributed by atoms with E-state index in [9.17, 15) is 4.79 Å². The number of nitrogens with zero attached hydrogens (tertiary/aromatic N) is 1. The van der Waals surface area contributed by atoms with Crippen molar-refractivity contribution in [3.63, 3.8) is 0 Å². The number of nitrogens with one attached hydrogen (secondary N) is 2. The summed E-state index contributed by atoms with van der Waals surface area (Å²) in [6.45, 7) is 2.56. The lowest BCUT2D eigenvalue weighted by atomic mass is 10.00.